The lowest BCUT2D eigenvalue weighted by atomic mass is 9.97. The molecule has 0 atom stereocenters. The molecule has 0 aliphatic carbocycles. The average molecular weight is 495 g/mol. The zero-order valence-corrected chi connectivity index (χ0v) is 20.3. The van der Waals surface area contributed by atoms with E-state index in [0.29, 0.717) is 39.4 Å². The summed E-state index contributed by atoms with van der Waals surface area (Å²) in [4.78, 5) is 24.4. The van der Waals surface area contributed by atoms with Gasteiger partial charge in [-0.2, -0.15) is 26.2 Å². The van der Waals surface area contributed by atoms with Crippen molar-refractivity contribution in [3.05, 3.63) is 52.6 Å². The minimum absolute atomic E-state index is 0.0627. The molecule has 3 aromatic heterocycles. The van der Waals surface area contributed by atoms with Gasteiger partial charge < -0.3 is 19.3 Å². The van der Waals surface area contributed by atoms with Gasteiger partial charge in [-0.25, -0.2) is 14.3 Å². The Hall–Kier alpha value is -4.12. The number of carbonyl (C=O) groups excluding carboxylic acids is 1. The number of aromatic nitrogens is 4. The molecule has 4 heterocycles. The van der Waals surface area contributed by atoms with Crippen LogP contribution >= 0.6 is 11.3 Å². The Kier molecular flexibility index (Phi) is 5.36. The molecule has 1 aliphatic heterocycles. The van der Waals surface area contributed by atoms with Gasteiger partial charge in [0.05, 0.1) is 30.3 Å². The Labute approximate surface area is 204 Å². The van der Waals surface area contributed by atoms with E-state index in [4.69, 9.17) is 14.2 Å². The van der Waals surface area contributed by atoms with Crippen molar-refractivity contribution in [1.82, 2.24) is 19.6 Å². The van der Waals surface area contributed by atoms with E-state index in [1.807, 2.05) is 22.9 Å². The predicted octanol–water partition coefficient (Wildman–Crippen LogP) is 4.85. The van der Waals surface area contributed by atoms with Gasteiger partial charge in [-0.15, -0.1) is 0 Å². The maximum absolute atomic E-state index is 12.5. The van der Waals surface area contributed by atoms with Gasteiger partial charge in [-0.3, -0.25) is 0 Å². The van der Waals surface area contributed by atoms with Crippen LogP contribution in [0, 0.1) is 0 Å². The number of methoxy groups -OCH3 is 1. The number of hydrogen-bond acceptors (Lipinski definition) is 8. The van der Waals surface area contributed by atoms with E-state index in [-0.39, 0.29) is 12.3 Å². The first-order valence-electron chi connectivity index (χ1n) is 10.7. The van der Waals surface area contributed by atoms with Crippen molar-refractivity contribution >= 4 is 23.4 Å². The molecule has 5 rings (SSSR count). The van der Waals surface area contributed by atoms with Gasteiger partial charge in [-0.05, 0) is 38.3 Å². The van der Waals surface area contributed by atoms with Crippen LogP contribution in [-0.2, 0) is 11.3 Å². The summed E-state index contributed by atoms with van der Waals surface area (Å²) in [5, 5.41) is 22.1. The summed E-state index contributed by atoms with van der Waals surface area (Å²) in [5.41, 5.74) is 3.05. The molecule has 0 fully saturated rings. The summed E-state index contributed by atoms with van der Waals surface area (Å²) in [7, 11) is 1.54. The second kappa shape index (κ2) is 8.27. The van der Waals surface area contributed by atoms with Gasteiger partial charge in [0.1, 0.15) is 23.7 Å². The molecule has 10 nitrogen and oxygen atoms in total. The number of benzene rings is 1. The SMILES string of the molecule is COc1cc2c(cc1-c1cnn(C(=O)OC(C)(C)C)c1)-c1c(c(C(=O)O)nn1-c1ccsc1)CO2. The highest BCUT2D eigenvalue weighted by molar-refractivity contribution is 7.08. The minimum atomic E-state index is -1.13. The van der Waals surface area contributed by atoms with E-state index in [0.717, 1.165) is 10.4 Å². The normalized spacial score (nSPS) is 12.5. The summed E-state index contributed by atoms with van der Waals surface area (Å²) >= 11 is 1.48. The van der Waals surface area contributed by atoms with Crippen molar-refractivity contribution in [2.45, 2.75) is 33.0 Å². The molecule has 0 radical (unpaired) electrons. The van der Waals surface area contributed by atoms with Gasteiger partial charge in [0, 0.05) is 34.3 Å². The van der Waals surface area contributed by atoms with Crippen molar-refractivity contribution in [2.24, 2.45) is 0 Å². The number of rotatable bonds is 4. The Morgan fingerprint density at radius 2 is 2.03 bits per heavy atom. The standard InChI is InChI=1S/C24H22N4O6S/c1-24(2,3)34-23(31)27-10-13(9-25-27)15-7-16-19(8-18(15)32-4)33-11-17-20(22(29)30)26-28(21(16)17)14-5-6-35-12-14/h5-10,12H,11H2,1-4H3,(H,29,30). The zero-order chi connectivity index (χ0) is 24.9. The fraction of sp³-hybridized carbons (Fsp3) is 0.250. The number of nitrogens with zero attached hydrogens (tertiary/aromatic N) is 4. The molecule has 0 saturated heterocycles. The third kappa shape index (κ3) is 4.03. The molecule has 1 aromatic carbocycles. The molecule has 0 unspecified atom stereocenters. The molecule has 11 heteroatoms. The first-order valence-corrected chi connectivity index (χ1v) is 11.6. The van der Waals surface area contributed by atoms with Crippen LogP contribution in [-0.4, -0.2) is 49.4 Å². The fourth-order valence-electron chi connectivity index (χ4n) is 3.88. The van der Waals surface area contributed by atoms with Crippen LogP contribution in [0.25, 0.3) is 28.1 Å². The Balaban J connectivity index is 1.66. The first kappa shape index (κ1) is 22.7. The largest absolute Gasteiger partial charge is 0.496 e. The van der Waals surface area contributed by atoms with Crippen molar-refractivity contribution in [3.8, 4) is 39.6 Å². The van der Waals surface area contributed by atoms with Crippen LogP contribution in [0.4, 0.5) is 4.79 Å². The summed E-state index contributed by atoms with van der Waals surface area (Å²) < 4.78 is 19.7. The van der Waals surface area contributed by atoms with Crippen LogP contribution in [0.2, 0.25) is 0 Å². The minimum Gasteiger partial charge on any atom is -0.496 e. The highest BCUT2D eigenvalue weighted by Crippen LogP contribution is 2.46. The Bertz CT molecular complexity index is 1450. The van der Waals surface area contributed by atoms with Gasteiger partial charge in [0.25, 0.3) is 0 Å². The average Bonchev–Trinajstić information content (AvgIpc) is 3.56. The second-order valence-corrected chi connectivity index (χ2v) is 9.65. The van der Waals surface area contributed by atoms with Crippen molar-refractivity contribution < 1.29 is 28.9 Å². The van der Waals surface area contributed by atoms with Gasteiger partial charge in [0.2, 0.25) is 0 Å². The summed E-state index contributed by atoms with van der Waals surface area (Å²) in [5.74, 6) is -0.0865. The van der Waals surface area contributed by atoms with Crippen LogP contribution in [0.1, 0.15) is 36.8 Å². The van der Waals surface area contributed by atoms with E-state index in [1.54, 1.807) is 37.7 Å². The molecule has 1 aliphatic rings. The number of carbonyl (C=O) groups is 2. The number of aromatic carboxylic acids is 1. The summed E-state index contributed by atoms with van der Waals surface area (Å²) in [6, 6.07) is 5.44. The lowest BCUT2D eigenvalue weighted by Gasteiger charge is -2.21. The van der Waals surface area contributed by atoms with Crippen LogP contribution < -0.4 is 9.47 Å². The highest BCUT2D eigenvalue weighted by Gasteiger charge is 2.31. The lowest BCUT2D eigenvalue weighted by molar-refractivity contribution is 0.0514. The molecule has 0 saturated carbocycles. The van der Waals surface area contributed by atoms with Gasteiger partial charge in [0.15, 0.2) is 5.69 Å². The van der Waals surface area contributed by atoms with E-state index in [2.05, 4.69) is 10.2 Å². The van der Waals surface area contributed by atoms with Crippen LogP contribution in [0.3, 0.4) is 0 Å². The third-order valence-electron chi connectivity index (χ3n) is 5.34. The molecule has 0 amide bonds. The maximum atomic E-state index is 12.5. The van der Waals surface area contributed by atoms with Crippen LogP contribution in [0.15, 0.2) is 41.4 Å². The molecule has 1 N–H and O–H groups in total. The number of ether oxygens (including phenoxy) is 3. The van der Waals surface area contributed by atoms with E-state index >= 15 is 0 Å². The quantitative estimate of drug-likeness (QED) is 0.428. The van der Waals surface area contributed by atoms with E-state index in [9.17, 15) is 14.7 Å². The van der Waals surface area contributed by atoms with Crippen molar-refractivity contribution in [3.63, 3.8) is 0 Å². The monoisotopic (exact) mass is 494 g/mol. The van der Waals surface area contributed by atoms with Crippen molar-refractivity contribution in [1.29, 1.82) is 0 Å². The Morgan fingerprint density at radius 3 is 2.69 bits per heavy atom. The zero-order valence-electron chi connectivity index (χ0n) is 19.4. The van der Waals surface area contributed by atoms with Gasteiger partial charge in [-0.1, -0.05) is 0 Å². The molecular formula is C24H22N4O6S. The summed E-state index contributed by atoms with van der Waals surface area (Å²) in [6.07, 6.45) is 2.49. The molecular weight excluding hydrogens is 472 g/mol. The van der Waals surface area contributed by atoms with E-state index < -0.39 is 17.7 Å². The predicted molar refractivity (Wildman–Crippen MR) is 128 cm³/mol. The second-order valence-electron chi connectivity index (χ2n) is 8.87. The fourth-order valence-corrected chi connectivity index (χ4v) is 4.50. The Morgan fingerprint density at radius 1 is 1.23 bits per heavy atom. The van der Waals surface area contributed by atoms with Crippen molar-refractivity contribution in [2.75, 3.05) is 7.11 Å². The molecule has 4 aromatic rings. The first-order chi connectivity index (χ1) is 16.7. The third-order valence-corrected chi connectivity index (χ3v) is 6.01. The number of hydrogen-bond donors (Lipinski definition) is 1. The van der Waals surface area contributed by atoms with Gasteiger partial charge >= 0.3 is 12.1 Å². The number of carboxylic acid groups (broad SMARTS) is 1. The highest BCUT2D eigenvalue weighted by atomic mass is 32.1. The number of thiophene rings is 1. The van der Waals surface area contributed by atoms with E-state index in [1.165, 1.54) is 24.6 Å². The smallest absolute Gasteiger partial charge is 0.435 e. The topological polar surface area (TPSA) is 118 Å². The number of fused-ring (bicyclic) bond motifs is 3. The maximum Gasteiger partial charge on any atom is 0.435 e. The van der Waals surface area contributed by atoms with Crippen LogP contribution in [0.5, 0.6) is 11.5 Å². The molecule has 0 spiro atoms. The number of carboxylic acids is 1. The molecule has 35 heavy (non-hydrogen) atoms. The summed E-state index contributed by atoms with van der Waals surface area (Å²) in [6.45, 7) is 5.40. The molecule has 180 valence electrons. The lowest BCUT2D eigenvalue weighted by Crippen LogP contribution is -2.27. The molecule has 0 bridgehead atoms.